The maximum atomic E-state index is 12.0. The van der Waals surface area contributed by atoms with Gasteiger partial charge in [-0.1, -0.05) is 11.6 Å². The molecule has 1 aromatic carbocycles. The predicted octanol–water partition coefficient (Wildman–Crippen LogP) is 1.31. The number of benzene rings is 1. The van der Waals surface area contributed by atoms with Crippen LogP contribution in [0.4, 0.5) is 0 Å². The van der Waals surface area contributed by atoms with Gasteiger partial charge in [0.2, 0.25) is 0 Å². The van der Waals surface area contributed by atoms with Crippen LogP contribution in [0.3, 0.4) is 0 Å². The van der Waals surface area contributed by atoms with Crippen LogP contribution >= 0.6 is 11.6 Å². The predicted molar refractivity (Wildman–Crippen MR) is 75.7 cm³/mol. The molecule has 1 aromatic rings. The molecule has 1 fully saturated rings. The minimum absolute atomic E-state index is 0.0209. The van der Waals surface area contributed by atoms with Gasteiger partial charge in [-0.25, -0.2) is 4.79 Å². The minimum atomic E-state index is -1.10. The lowest BCUT2D eigenvalue weighted by Crippen LogP contribution is -2.32. The van der Waals surface area contributed by atoms with E-state index >= 15 is 0 Å². The van der Waals surface area contributed by atoms with Crippen LogP contribution in [0.25, 0.3) is 0 Å². The number of aliphatic hydroxyl groups excluding tert-OH is 1. The van der Waals surface area contributed by atoms with Crippen molar-refractivity contribution in [2.75, 3.05) is 13.2 Å². The fraction of sp³-hybridized carbons (Fsp3) is 0.429. The number of nitrogens with one attached hydrogen (secondary N) is 1. The van der Waals surface area contributed by atoms with Crippen molar-refractivity contribution in [3.63, 3.8) is 0 Å². The first-order chi connectivity index (χ1) is 10.0. The number of aliphatic hydroxyl groups is 1. The number of rotatable bonds is 5. The van der Waals surface area contributed by atoms with E-state index in [1.165, 1.54) is 18.2 Å². The Kier molecular flexibility index (Phi) is 5.17. The van der Waals surface area contributed by atoms with Gasteiger partial charge < -0.3 is 20.3 Å². The molecule has 3 N–H and O–H groups in total. The fourth-order valence-electron chi connectivity index (χ4n) is 2.20. The Labute approximate surface area is 126 Å². The molecule has 0 unspecified atom stereocenters. The maximum absolute atomic E-state index is 12.0. The van der Waals surface area contributed by atoms with Gasteiger partial charge in [0.25, 0.3) is 5.91 Å². The SMILES string of the molecule is O=C(O)c1ccc(C(=O)NC[C@H]2CC[C@@H](CO)O2)c(Cl)c1. The molecule has 1 heterocycles. The Hall–Kier alpha value is -1.63. The Morgan fingerprint density at radius 2 is 2.05 bits per heavy atom. The summed E-state index contributed by atoms with van der Waals surface area (Å²) in [6.07, 6.45) is 1.26. The number of carboxylic acids is 1. The lowest BCUT2D eigenvalue weighted by atomic mass is 10.1. The Bertz CT molecular complexity index is 548. The van der Waals surface area contributed by atoms with Crippen molar-refractivity contribution in [3.05, 3.63) is 34.3 Å². The quantitative estimate of drug-likeness (QED) is 0.761. The molecule has 114 valence electrons. The van der Waals surface area contributed by atoms with Gasteiger partial charge in [-0.15, -0.1) is 0 Å². The summed E-state index contributed by atoms with van der Waals surface area (Å²) in [5.74, 6) is -1.48. The summed E-state index contributed by atoms with van der Waals surface area (Å²) in [4.78, 5) is 22.8. The average Bonchev–Trinajstić information content (AvgIpc) is 2.92. The Balaban J connectivity index is 1.93. The van der Waals surface area contributed by atoms with E-state index in [4.69, 9.17) is 26.6 Å². The molecule has 0 aromatic heterocycles. The third-order valence-electron chi connectivity index (χ3n) is 3.35. The van der Waals surface area contributed by atoms with E-state index in [2.05, 4.69) is 5.32 Å². The molecule has 0 radical (unpaired) electrons. The summed E-state index contributed by atoms with van der Waals surface area (Å²) in [6.45, 7) is 0.305. The highest BCUT2D eigenvalue weighted by molar-refractivity contribution is 6.34. The first-order valence-electron chi connectivity index (χ1n) is 6.58. The molecule has 1 aliphatic rings. The number of hydrogen-bond acceptors (Lipinski definition) is 4. The van der Waals surface area contributed by atoms with Gasteiger partial charge in [0, 0.05) is 6.54 Å². The van der Waals surface area contributed by atoms with E-state index in [1.54, 1.807) is 0 Å². The normalized spacial score (nSPS) is 21.2. The van der Waals surface area contributed by atoms with Gasteiger partial charge >= 0.3 is 5.97 Å². The molecule has 21 heavy (non-hydrogen) atoms. The van der Waals surface area contributed by atoms with E-state index < -0.39 is 5.97 Å². The first kappa shape index (κ1) is 15.8. The molecule has 0 saturated carbocycles. The van der Waals surface area contributed by atoms with Gasteiger partial charge in [0.1, 0.15) is 0 Å². The van der Waals surface area contributed by atoms with Crippen LogP contribution in [-0.4, -0.2) is 47.4 Å². The van der Waals surface area contributed by atoms with Crippen molar-refractivity contribution in [2.24, 2.45) is 0 Å². The highest BCUT2D eigenvalue weighted by Gasteiger charge is 2.25. The van der Waals surface area contributed by atoms with Crippen LogP contribution in [0.15, 0.2) is 18.2 Å². The van der Waals surface area contributed by atoms with Gasteiger partial charge in [-0.05, 0) is 31.0 Å². The molecular weight excluding hydrogens is 298 g/mol. The zero-order chi connectivity index (χ0) is 15.4. The highest BCUT2D eigenvalue weighted by atomic mass is 35.5. The fourth-order valence-corrected chi connectivity index (χ4v) is 2.46. The topological polar surface area (TPSA) is 95.9 Å². The number of hydrogen-bond donors (Lipinski definition) is 3. The summed E-state index contributed by atoms with van der Waals surface area (Å²) in [7, 11) is 0. The monoisotopic (exact) mass is 313 g/mol. The third-order valence-corrected chi connectivity index (χ3v) is 3.66. The van der Waals surface area contributed by atoms with E-state index in [0.29, 0.717) is 6.54 Å². The van der Waals surface area contributed by atoms with Crippen LogP contribution in [0, 0.1) is 0 Å². The van der Waals surface area contributed by atoms with Crippen molar-refractivity contribution < 1.29 is 24.5 Å². The summed E-state index contributed by atoms with van der Waals surface area (Å²) in [5, 5.41) is 20.6. The Morgan fingerprint density at radius 3 is 2.62 bits per heavy atom. The van der Waals surface area contributed by atoms with Gasteiger partial charge in [-0.2, -0.15) is 0 Å². The van der Waals surface area contributed by atoms with Gasteiger partial charge in [-0.3, -0.25) is 4.79 Å². The number of amides is 1. The first-order valence-corrected chi connectivity index (χ1v) is 6.96. The van der Waals surface area contributed by atoms with Gasteiger partial charge in [0.15, 0.2) is 0 Å². The van der Waals surface area contributed by atoms with Crippen LogP contribution in [0.1, 0.15) is 33.6 Å². The van der Waals surface area contributed by atoms with Crippen molar-refractivity contribution in [1.82, 2.24) is 5.32 Å². The zero-order valence-electron chi connectivity index (χ0n) is 11.2. The molecule has 1 aliphatic heterocycles. The summed E-state index contributed by atoms with van der Waals surface area (Å²) < 4.78 is 5.50. The molecule has 1 amide bonds. The minimum Gasteiger partial charge on any atom is -0.478 e. The molecule has 0 aliphatic carbocycles. The molecule has 6 nitrogen and oxygen atoms in total. The van der Waals surface area contributed by atoms with Crippen molar-refractivity contribution >= 4 is 23.5 Å². The summed E-state index contributed by atoms with van der Waals surface area (Å²) >= 11 is 5.92. The largest absolute Gasteiger partial charge is 0.478 e. The Morgan fingerprint density at radius 1 is 1.33 bits per heavy atom. The van der Waals surface area contributed by atoms with Crippen molar-refractivity contribution in [3.8, 4) is 0 Å². The van der Waals surface area contributed by atoms with E-state index in [9.17, 15) is 9.59 Å². The maximum Gasteiger partial charge on any atom is 0.335 e. The molecule has 0 spiro atoms. The van der Waals surface area contributed by atoms with Crippen molar-refractivity contribution in [2.45, 2.75) is 25.0 Å². The second-order valence-electron chi connectivity index (χ2n) is 4.85. The van der Waals surface area contributed by atoms with E-state index in [0.717, 1.165) is 12.8 Å². The molecule has 2 atom stereocenters. The summed E-state index contributed by atoms with van der Waals surface area (Å²) in [6, 6.07) is 3.96. The smallest absolute Gasteiger partial charge is 0.335 e. The van der Waals surface area contributed by atoms with Crippen LogP contribution in [-0.2, 0) is 4.74 Å². The lowest BCUT2D eigenvalue weighted by molar-refractivity contribution is 0.0125. The number of aromatic carboxylic acids is 1. The standard InChI is InChI=1S/C14H16ClNO5/c15-12-5-8(14(19)20)1-4-11(12)13(18)16-6-9-2-3-10(7-17)21-9/h1,4-5,9-10,17H,2-3,6-7H2,(H,16,18)(H,19,20)/t9-,10+/m1/s1. The average molecular weight is 314 g/mol. The number of halogens is 1. The molecule has 1 saturated heterocycles. The summed E-state index contributed by atoms with van der Waals surface area (Å²) in [5.41, 5.74) is 0.250. The van der Waals surface area contributed by atoms with Crippen molar-refractivity contribution in [1.29, 1.82) is 0 Å². The second-order valence-corrected chi connectivity index (χ2v) is 5.26. The van der Waals surface area contributed by atoms with Crippen LogP contribution < -0.4 is 5.32 Å². The number of carbonyl (C=O) groups is 2. The third kappa shape index (κ3) is 3.93. The van der Waals surface area contributed by atoms with Crippen LogP contribution in [0.2, 0.25) is 5.02 Å². The number of carbonyl (C=O) groups excluding carboxylic acids is 1. The van der Waals surface area contributed by atoms with E-state index in [1.807, 2.05) is 0 Å². The second kappa shape index (κ2) is 6.89. The van der Waals surface area contributed by atoms with E-state index in [-0.39, 0.29) is 40.9 Å². The number of carboxylic acid groups (broad SMARTS) is 1. The highest BCUT2D eigenvalue weighted by Crippen LogP contribution is 2.20. The molecular formula is C14H16ClNO5. The zero-order valence-corrected chi connectivity index (χ0v) is 12.0. The van der Waals surface area contributed by atoms with Gasteiger partial charge in [0.05, 0.1) is 35.0 Å². The lowest BCUT2D eigenvalue weighted by Gasteiger charge is -2.13. The molecule has 2 rings (SSSR count). The van der Waals surface area contributed by atoms with Crippen LogP contribution in [0.5, 0.6) is 0 Å². The number of ether oxygens (including phenoxy) is 1. The molecule has 7 heteroatoms. The molecule has 0 bridgehead atoms.